The molecule has 0 unspecified atom stereocenters. The maximum atomic E-state index is 13.6. The van der Waals surface area contributed by atoms with Crippen LogP contribution in [0.15, 0.2) is 47.4 Å². The van der Waals surface area contributed by atoms with E-state index in [0.717, 1.165) is 0 Å². The van der Waals surface area contributed by atoms with Crippen LogP contribution in [0.3, 0.4) is 0 Å². The molecule has 3 atom stereocenters. The lowest BCUT2D eigenvalue weighted by molar-refractivity contribution is -0.145. The van der Waals surface area contributed by atoms with Crippen LogP contribution in [0, 0.1) is 5.92 Å². The van der Waals surface area contributed by atoms with Crippen molar-refractivity contribution in [2.24, 2.45) is 5.92 Å². The minimum absolute atomic E-state index is 0.00349. The number of anilines is 1. The van der Waals surface area contributed by atoms with Crippen molar-refractivity contribution in [3.05, 3.63) is 75.1 Å². The zero-order valence-corrected chi connectivity index (χ0v) is 19.9. The third-order valence-corrected chi connectivity index (χ3v) is 7.12. The second kappa shape index (κ2) is 8.93. The summed E-state index contributed by atoms with van der Waals surface area (Å²) in [4.78, 5) is 22.5. The van der Waals surface area contributed by atoms with E-state index in [1.165, 1.54) is 41.0 Å². The van der Waals surface area contributed by atoms with E-state index < -0.39 is 41.0 Å². The number of aromatic nitrogens is 3. The summed E-state index contributed by atoms with van der Waals surface area (Å²) < 4.78 is 87.9. The van der Waals surface area contributed by atoms with E-state index in [1.54, 1.807) is 6.07 Å². The molecule has 0 amide bonds. The number of rotatable bonds is 4. The van der Waals surface area contributed by atoms with Crippen molar-refractivity contribution in [1.29, 1.82) is 0 Å². The van der Waals surface area contributed by atoms with Gasteiger partial charge in [-0.2, -0.15) is 26.3 Å². The normalized spacial score (nSPS) is 21.5. The minimum Gasteiger partial charge on any atom is -0.495 e. The van der Waals surface area contributed by atoms with E-state index in [1.807, 2.05) is 0 Å². The summed E-state index contributed by atoms with van der Waals surface area (Å²) in [7, 11) is 1.40. The molecular weight excluding hydrogens is 526 g/mol. The number of ether oxygens (including phenoxy) is 1. The summed E-state index contributed by atoms with van der Waals surface area (Å²) in [5.41, 5.74) is -3.23. The van der Waals surface area contributed by atoms with Gasteiger partial charge in [-0.1, -0.05) is 11.6 Å². The first-order valence-corrected chi connectivity index (χ1v) is 11.6. The highest BCUT2D eigenvalue weighted by Crippen LogP contribution is 2.52. The van der Waals surface area contributed by atoms with Crippen molar-refractivity contribution in [3.63, 3.8) is 0 Å². The third kappa shape index (κ3) is 4.51. The molecule has 3 aromatic rings. The van der Waals surface area contributed by atoms with Gasteiger partial charge in [0.1, 0.15) is 23.1 Å². The summed E-state index contributed by atoms with van der Waals surface area (Å²) in [5.74, 6) is -0.167. The molecule has 1 aromatic carbocycles. The molecule has 1 saturated heterocycles. The zero-order valence-electron chi connectivity index (χ0n) is 19.1. The fraction of sp³-hybridized carbons (Fsp3) is 0.375. The number of fused-ring (bicyclic) bond motifs is 2. The number of methoxy groups -OCH3 is 1. The average Bonchev–Trinajstić information content (AvgIpc) is 3.45. The number of hydrogen-bond acceptors (Lipinski definition) is 5. The lowest BCUT2D eigenvalue weighted by Crippen LogP contribution is -2.39. The molecule has 37 heavy (non-hydrogen) atoms. The summed E-state index contributed by atoms with van der Waals surface area (Å²) >= 11 is 6.12. The van der Waals surface area contributed by atoms with Gasteiger partial charge in [-0.15, -0.1) is 0 Å². The van der Waals surface area contributed by atoms with Crippen LogP contribution in [-0.4, -0.2) is 27.7 Å². The van der Waals surface area contributed by atoms with Crippen LogP contribution in [0.2, 0.25) is 5.02 Å². The molecule has 0 N–H and O–H groups in total. The van der Waals surface area contributed by atoms with Gasteiger partial charge >= 0.3 is 12.4 Å². The summed E-state index contributed by atoms with van der Waals surface area (Å²) in [6, 6.07) is 5.27. The van der Waals surface area contributed by atoms with Gasteiger partial charge in [0, 0.05) is 24.4 Å². The molecule has 0 radical (unpaired) electrons. The number of alkyl halides is 6. The molecular formula is C24H19ClF6N4O2. The Labute approximate surface area is 211 Å². The van der Waals surface area contributed by atoms with Gasteiger partial charge in [0.25, 0.3) is 5.56 Å². The van der Waals surface area contributed by atoms with Crippen molar-refractivity contribution in [2.45, 2.75) is 43.7 Å². The van der Waals surface area contributed by atoms with E-state index in [4.69, 9.17) is 16.3 Å². The predicted octanol–water partition coefficient (Wildman–Crippen LogP) is 6.06. The fourth-order valence-corrected chi connectivity index (χ4v) is 5.48. The molecule has 3 heterocycles. The van der Waals surface area contributed by atoms with Crippen LogP contribution in [0.4, 0.5) is 32.2 Å². The lowest BCUT2D eigenvalue weighted by Gasteiger charge is -2.37. The van der Waals surface area contributed by atoms with Gasteiger partial charge in [0.05, 0.1) is 29.4 Å². The Morgan fingerprint density at radius 1 is 1.03 bits per heavy atom. The van der Waals surface area contributed by atoms with Gasteiger partial charge in [-0.25, -0.2) is 9.97 Å². The summed E-state index contributed by atoms with van der Waals surface area (Å²) in [5, 5.41) is 0.291. The SMILES string of the molecule is COc1cc(-n2c([C@@H]3[C@H]4CC[C@H](C4)N3c3cc(C(F)(F)F)cc(C(F)(F)F)n3)nccc2=O)ccc1Cl. The maximum Gasteiger partial charge on any atom is 0.433 e. The van der Waals surface area contributed by atoms with Crippen LogP contribution in [-0.2, 0) is 12.4 Å². The third-order valence-electron chi connectivity index (χ3n) is 6.81. The van der Waals surface area contributed by atoms with Gasteiger partial charge < -0.3 is 9.64 Å². The number of pyridine rings is 1. The number of nitrogens with zero attached hydrogens (tertiary/aromatic N) is 4. The molecule has 13 heteroatoms. The monoisotopic (exact) mass is 544 g/mol. The quantitative estimate of drug-likeness (QED) is 0.374. The molecule has 1 aliphatic carbocycles. The Bertz CT molecular complexity index is 1370. The van der Waals surface area contributed by atoms with Crippen LogP contribution in [0.5, 0.6) is 5.75 Å². The van der Waals surface area contributed by atoms with Crippen LogP contribution >= 0.6 is 11.6 Å². The predicted molar refractivity (Wildman–Crippen MR) is 122 cm³/mol. The van der Waals surface area contributed by atoms with Gasteiger partial charge in [0.2, 0.25) is 0 Å². The Kier molecular flexibility index (Phi) is 6.12. The van der Waals surface area contributed by atoms with E-state index in [-0.39, 0.29) is 29.6 Å². The van der Waals surface area contributed by atoms with Crippen molar-refractivity contribution in [2.75, 3.05) is 12.0 Å². The summed E-state index contributed by atoms with van der Waals surface area (Å²) in [6.45, 7) is 0. The minimum atomic E-state index is -5.09. The highest BCUT2D eigenvalue weighted by atomic mass is 35.5. The smallest absolute Gasteiger partial charge is 0.433 e. The second-order valence-corrected chi connectivity index (χ2v) is 9.38. The molecule has 2 aliphatic rings. The highest BCUT2D eigenvalue weighted by molar-refractivity contribution is 6.32. The Balaban J connectivity index is 1.69. The number of benzene rings is 1. The summed E-state index contributed by atoms with van der Waals surface area (Å²) in [6.07, 6.45) is -7.08. The second-order valence-electron chi connectivity index (χ2n) is 8.97. The Morgan fingerprint density at radius 3 is 2.46 bits per heavy atom. The molecule has 1 saturated carbocycles. The lowest BCUT2D eigenvalue weighted by atomic mass is 9.97. The molecule has 1 aliphatic heterocycles. The molecule has 2 aromatic heterocycles. The molecule has 2 bridgehead atoms. The molecule has 5 rings (SSSR count). The Hall–Kier alpha value is -3.28. The maximum absolute atomic E-state index is 13.6. The highest BCUT2D eigenvalue weighted by Gasteiger charge is 2.50. The van der Waals surface area contributed by atoms with Crippen molar-refractivity contribution >= 4 is 17.4 Å². The van der Waals surface area contributed by atoms with Crippen molar-refractivity contribution in [3.8, 4) is 11.4 Å². The van der Waals surface area contributed by atoms with Crippen LogP contribution in [0.1, 0.15) is 42.4 Å². The van der Waals surface area contributed by atoms with E-state index in [9.17, 15) is 31.1 Å². The van der Waals surface area contributed by atoms with Crippen molar-refractivity contribution < 1.29 is 31.1 Å². The number of piperidine rings is 1. The standard InChI is InChI=1S/C24H19ClF6N4O2/c1-37-17-11-15(4-5-16(17)25)35-20(36)6-7-32-22(35)21-12-2-3-14(8-12)34(21)19-10-13(23(26,27)28)9-18(33-19)24(29,30)31/h4-7,9-12,14,21H,2-3,8H2,1H3/t12-,14+,21-/m0/s1. The van der Waals surface area contributed by atoms with Crippen LogP contribution < -0.4 is 15.2 Å². The molecule has 196 valence electrons. The fourth-order valence-electron chi connectivity index (χ4n) is 5.29. The molecule has 2 fully saturated rings. The largest absolute Gasteiger partial charge is 0.495 e. The van der Waals surface area contributed by atoms with Crippen molar-refractivity contribution in [1.82, 2.24) is 14.5 Å². The first kappa shape index (κ1) is 25.4. The van der Waals surface area contributed by atoms with E-state index in [2.05, 4.69) is 9.97 Å². The van der Waals surface area contributed by atoms with E-state index in [0.29, 0.717) is 36.0 Å². The average molecular weight is 545 g/mol. The zero-order chi connectivity index (χ0) is 26.7. The van der Waals surface area contributed by atoms with Gasteiger partial charge in [-0.3, -0.25) is 9.36 Å². The van der Waals surface area contributed by atoms with E-state index >= 15 is 0 Å². The van der Waals surface area contributed by atoms with Crippen LogP contribution in [0.25, 0.3) is 5.69 Å². The molecule has 6 nitrogen and oxygen atoms in total. The first-order valence-electron chi connectivity index (χ1n) is 11.2. The van der Waals surface area contributed by atoms with Gasteiger partial charge in [-0.05, 0) is 49.4 Å². The molecule has 0 spiro atoms. The topological polar surface area (TPSA) is 60.2 Å². The van der Waals surface area contributed by atoms with Gasteiger partial charge in [0.15, 0.2) is 0 Å². The Morgan fingerprint density at radius 2 is 1.78 bits per heavy atom. The number of halogens is 7. The first-order chi connectivity index (χ1) is 17.4. The number of hydrogen-bond donors (Lipinski definition) is 0.